The number of nitrogens with zero attached hydrogens (tertiary/aromatic N) is 5. The van der Waals surface area contributed by atoms with Crippen LogP contribution in [0.4, 0.5) is 19.7 Å². The summed E-state index contributed by atoms with van der Waals surface area (Å²) in [6, 6.07) is 2.44. The average molecular weight is 607 g/mol. The second-order valence-corrected chi connectivity index (χ2v) is 12.7. The van der Waals surface area contributed by atoms with Gasteiger partial charge in [-0.25, -0.2) is 23.9 Å². The lowest BCUT2D eigenvalue weighted by atomic mass is 9.91. The fourth-order valence-electron chi connectivity index (χ4n) is 5.49. The van der Waals surface area contributed by atoms with Crippen LogP contribution in [0.2, 0.25) is 0 Å². The number of nitrogens with one attached hydrogen (secondary N) is 2. The Morgan fingerprint density at radius 1 is 1.18 bits per heavy atom. The number of amides is 4. The zero-order valence-corrected chi connectivity index (χ0v) is 27.0. The third kappa shape index (κ3) is 8.00. The van der Waals surface area contributed by atoms with Gasteiger partial charge in [0.15, 0.2) is 0 Å². The van der Waals surface area contributed by atoms with Gasteiger partial charge in [-0.05, 0) is 82.4 Å². The molecule has 1 aromatic heterocycles. The summed E-state index contributed by atoms with van der Waals surface area (Å²) in [5, 5.41) is 2.89. The van der Waals surface area contributed by atoms with Crippen LogP contribution in [0, 0.1) is 19.7 Å². The summed E-state index contributed by atoms with van der Waals surface area (Å²) in [6.07, 6.45) is 7.62. The van der Waals surface area contributed by atoms with Crippen LogP contribution in [-0.4, -0.2) is 95.3 Å². The molecule has 1 aromatic carbocycles. The van der Waals surface area contributed by atoms with E-state index >= 15 is 4.39 Å². The molecule has 0 aliphatic carbocycles. The second kappa shape index (κ2) is 13.9. The maximum Gasteiger partial charge on any atom is 0.322 e. The summed E-state index contributed by atoms with van der Waals surface area (Å²) in [6.45, 7) is 12.0. The molecule has 2 aliphatic rings. The smallest absolute Gasteiger partial charge is 0.322 e. The van der Waals surface area contributed by atoms with Crippen LogP contribution in [0.15, 0.2) is 35.7 Å². The van der Waals surface area contributed by atoms with E-state index in [4.69, 9.17) is 10.5 Å². The molecule has 4 rings (SSSR count). The zero-order chi connectivity index (χ0) is 32.2. The van der Waals surface area contributed by atoms with Crippen molar-refractivity contribution >= 4 is 23.8 Å². The van der Waals surface area contributed by atoms with Crippen molar-refractivity contribution in [1.82, 2.24) is 24.7 Å². The fourth-order valence-corrected chi connectivity index (χ4v) is 5.49. The monoisotopic (exact) mass is 606 g/mol. The molecule has 0 saturated carbocycles. The summed E-state index contributed by atoms with van der Waals surface area (Å²) in [7, 11) is 3.49. The highest BCUT2D eigenvalue weighted by Gasteiger charge is 2.34. The van der Waals surface area contributed by atoms with E-state index in [0.29, 0.717) is 74.5 Å². The molecule has 2 N–H and O–H groups in total. The summed E-state index contributed by atoms with van der Waals surface area (Å²) in [5.41, 5.74) is 13.4. The van der Waals surface area contributed by atoms with Crippen LogP contribution >= 0.6 is 0 Å². The lowest BCUT2D eigenvalue weighted by molar-refractivity contribution is -0.110. The van der Waals surface area contributed by atoms with E-state index in [9.17, 15) is 9.59 Å². The molecule has 1 saturated heterocycles. The molecule has 0 bridgehead atoms. The van der Waals surface area contributed by atoms with Crippen molar-refractivity contribution in [2.75, 3.05) is 52.1 Å². The molecular weight excluding hydrogens is 561 g/mol. The number of carbonyl (C=O) groups is 2. The number of allylic oxidation sites excluding steroid dienone is 1. The van der Waals surface area contributed by atoms with Gasteiger partial charge in [0.05, 0.1) is 30.5 Å². The molecule has 0 atom stereocenters. The molecule has 0 radical (unpaired) electrons. The molecular formula is C33H45FN7O3-. The Morgan fingerprint density at radius 3 is 2.52 bits per heavy atom. The number of aromatic nitrogens is 2. The molecule has 2 aromatic rings. The van der Waals surface area contributed by atoms with Crippen molar-refractivity contribution in [3.63, 3.8) is 0 Å². The van der Waals surface area contributed by atoms with Gasteiger partial charge >= 0.3 is 12.1 Å². The van der Waals surface area contributed by atoms with Crippen molar-refractivity contribution in [2.45, 2.75) is 65.6 Å². The van der Waals surface area contributed by atoms with Gasteiger partial charge in [-0.15, -0.1) is 0 Å². The Hall–Kier alpha value is -3.83. The molecule has 1 fully saturated rings. The summed E-state index contributed by atoms with van der Waals surface area (Å²) in [4.78, 5) is 39.5. The normalized spacial score (nSPS) is 16.0. The van der Waals surface area contributed by atoms with Gasteiger partial charge < -0.3 is 30.5 Å². The van der Waals surface area contributed by atoms with Crippen molar-refractivity contribution in [1.29, 1.82) is 0 Å². The number of hydrogen-bond donors (Lipinski definition) is 1. The number of anilines is 1. The minimum atomic E-state index is -0.486. The van der Waals surface area contributed by atoms with Crippen LogP contribution in [0.5, 0.6) is 0 Å². The Balaban J connectivity index is 1.64. The van der Waals surface area contributed by atoms with Gasteiger partial charge in [0.25, 0.3) is 0 Å². The molecule has 10 nitrogen and oxygen atoms in total. The zero-order valence-electron chi connectivity index (χ0n) is 27.0. The minimum absolute atomic E-state index is 0.0247. The Morgan fingerprint density at radius 2 is 1.91 bits per heavy atom. The quantitative estimate of drug-likeness (QED) is 0.370. The van der Waals surface area contributed by atoms with Gasteiger partial charge in [-0.3, -0.25) is 0 Å². The van der Waals surface area contributed by atoms with E-state index in [-0.39, 0.29) is 23.8 Å². The topological polar surface area (TPSA) is 115 Å². The third-order valence-corrected chi connectivity index (χ3v) is 7.82. The molecule has 44 heavy (non-hydrogen) atoms. The molecule has 0 spiro atoms. The molecule has 3 heterocycles. The summed E-state index contributed by atoms with van der Waals surface area (Å²) >= 11 is 0. The predicted molar refractivity (Wildman–Crippen MR) is 172 cm³/mol. The average Bonchev–Trinajstić information content (AvgIpc) is 2.94. The predicted octanol–water partition coefficient (Wildman–Crippen LogP) is 6.46. The number of benzene rings is 1. The Labute approximate surface area is 260 Å². The minimum Gasteiger partial charge on any atom is -0.677 e. The highest BCUT2D eigenvalue weighted by molar-refractivity contribution is 5.92. The number of hydrogen-bond acceptors (Lipinski definition) is 5. The highest BCUT2D eigenvalue weighted by atomic mass is 19.1. The van der Waals surface area contributed by atoms with Crippen LogP contribution in [0.25, 0.3) is 23.1 Å². The number of carbonyl (C=O) groups excluding carboxylic acids is 2. The standard InChI is InChI=1S/C33H45FN7O3/c1-21-27(16-25(34)17-29(21)38-31(42)41-18-26(19-41)44-33(3,4)5)30-28(22(2)36-20-37-30)15-24(9-8-12-35)23-10-13-40(14-11-23)32(43)39(6)7/h10,15-17,20,26,35H,8-9,11-14,18-19H2,1-7H3,(H,38,42)/q-1/b24-15+. The van der Waals surface area contributed by atoms with Crippen LogP contribution in [-0.2, 0) is 4.74 Å². The first-order valence-corrected chi connectivity index (χ1v) is 15.1. The van der Waals surface area contributed by atoms with Crippen LogP contribution in [0.1, 0.15) is 56.9 Å². The largest absolute Gasteiger partial charge is 0.677 e. The Kier molecular flexibility index (Phi) is 10.4. The van der Waals surface area contributed by atoms with Crippen molar-refractivity contribution < 1.29 is 18.7 Å². The van der Waals surface area contributed by atoms with E-state index in [1.54, 1.807) is 28.8 Å². The van der Waals surface area contributed by atoms with Crippen LogP contribution < -0.4 is 5.32 Å². The van der Waals surface area contributed by atoms with Gasteiger partial charge in [0.2, 0.25) is 0 Å². The first-order valence-electron chi connectivity index (χ1n) is 15.1. The van der Waals surface area contributed by atoms with E-state index in [0.717, 1.165) is 22.4 Å². The number of halogens is 1. The van der Waals surface area contributed by atoms with Gasteiger partial charge in [-0.1, -0.05) is 12.5 Å². The lowest BCUT2D eigenvalue weighted by Gasteiger charge is -2.41. The maximum atomic E-state index is 15.1. The third-order valence-electron chi connectivity index (χ3n) is 7.82. The molecule has 4 amide bonds. The highest BCUT2D eigenvalue weighted by Crippen LogP contribution is 2.35. The number of rotatable bonds is 8. The molecule has 11 heteroatoms. The van der Waals surface area contributed by atoms with E-state index in [1.165, 1.54) is 18.5 Å². The lowest BCUT2D eigenvalue weighted by Crippen LogP contribution is -2.57. The summed E-state index contributed by atoms with van der Waals surface area (Å²) < 4.78 is 21.0. The van der Waals surface area contributed by atoms with Crippen molar-refractivity contribution in [3.8, 4) is 11.3 Å². The first-order chi connectivity index (χ1) is 20.8. The van der Waals surface area contributed by atoms with Gasteiger partial charge in [0, 0.05) is 49.7 Å². The van der Waals surface area contributed by atoms with Crippen molar-refractivity contribution in [3.05, 3.63) is 64.1 Å². The number of likely N-dealkylation sites (tertiary alicyclic amines) is 1. The first kappa shape index (κ1) is 33.1. The molecule has 2 aliphatic heterocycles. The van der Waals surface area contributed by atoms with Gasteiger partial charge in [-0.2, -0.15) is 6.54 Å². The van der Waals surface area contributed by atoms with E-state index in [1.807, 2.05) is 40.7 Å². The van der Waals surface area contributed by atoms with E-state index < -0.39 is 5.82 Å². The Bertz CT molecular complexity index is 1440. The van der Waals surface area contributed by atoms with Gasteiger partial charge in [0.1, 0.15) is 12.1 Å². The number of urea groups is 2. The van der Waals surface area contributed by atoms with Crippen molar-refractivity contribution in [2.24, 2.45) is 0 Å². The number of aryl methyl sites for hydroxylation is 1. The second-order valence-electron chi connectivity index (χ2n) is 12.7. The number of ether oxygens (including phenoxy) is 1. The maximum absolute atomic E-state index is 15.1. The van der Waals surface area contributed by atoms with E-state index in [2.05, 4.69) is 21.4 Å². The molecule has 0 unspecified atom stereocenters. The summed E-state index contributed by atoms with van der Waals surface area (Å²) in [5.74, 6) is -0.486. The fraction of sp³-hybridized carbons (Fsp3) is 0.515. The van der Waals surface area contributed by atoms with Crippen LogP contribution in [0.3, 0.4) is 0 Å². The SMILES string of the molecule is Cc1ncnc(-c2cc(F)cc(NC(=O)N3CC(OC(C)(C)C)C3)c2C)c1/C=C(\CCC[NH-])C1=CCN(C(=O)N(C)C)CC1. The molecule has 238 valence electrons.